The Kier molecular flexibility index (Phi) is 4.11. The van der Waals surface area contributed by atoms with E-state index in [0.29, 0.717) is 24.7 Å². The summed E-state index contributed by atoms with van der Waals surface area (Å²) in [6.45, 7) is 6.65. The van der Waals surface area contributed by atoms with Gasteiger partial charge in [-0.2, -0.15) is 0 Å². The number of carbonyl (C=O) groups excluding carboxylic acids is 1. The fourth-order valence-electron chi connectivity index (χ4n) is 2.61. The maximum atomic E-state index is 12.4. The quantitative estimate of drug-likeness (QED) is 0.942. The van der Waals surface area contributed by atoms with Gasteiger partial charge in [0.1, 0.15) is 5.76 Å². The summed E-state index contributed by atoms with van der Waals surface area (Å²) in [4.78, 5) is 18.7. The summed E-state index contributed by atoms with van der Waals surface area (Å²) in [6, 6.07) is 3.75. The van der Waals surface area contributed by atoms with E-state index in [1.165, 1.54) is 0 Å². The molecule has 6 nitrogen and oxygen atoms in total. The molecule has 22 heavy (non-hydrogen) atoms. The molecule has 1 N–H and O–H groups in total. The lowest BCUT2D eigenvalue weighted by atomic mass is 10.2. The molecule has 1 fully saturated rings. The molecule has 3 rings (SSSR count). The van der Waals surface area contributed by atoms with Crippen molar-refractivity contribution < 1.29 is 13.9 Å². The predicted octanol–water partition coefficient (Wildman–Crippen LogP) is 2.38. The van der Waals surface area contributed by atoms with Crippen LogP contribution in [0.25, 0.3) is 0 Å². The summed E-state index contributed by atoms with van der Waals surface area (Å²) in [7, 11) is 0. The Morgan fingerprint density at radius 2 is 2.09 bits per heavy atom. The van der Waals surface area contributed by atoms with Gasteiger partial charge in [0.25, 0.3) is 5.91 Å². The Morgan fingerprint density at radius 1 is 1.32 bits per heavy atom. The SMILES string of the molecule is Cc1cc(C)c(C(=O)Nc2cnccc2N2CCOCC2)o1. The van der Waals surface area contributed by atoms with Crippen molar-refractivity contribution in [3.05, 3.63) is 41.6 Å². The minimum absolute atomic E-state index is 0.256. The molecular weight excluding hydrogens is 282 g/mol. The smallest absolute Gasteiger partial charge is 0.291 e. The van der Waals surface area contributed by atoms with Gasteiger partial charge in [0, 0.05) is 24.8 Å². The summed E-state index contributed by atoms with van der Waals surface area (Å²) in [5.41, 5.74) is 2.46. The van der Waals surface area contributed by atoms with Gasteiger partial charge >= 0.3 is 0 Å². The first-order valence-electron chi connectivity index (χ1n) is 7.30. The van der Waals surface area contributed by atoms with Crippen molar-refractivity contribution in [1.29, 1.82) is 0 Å². The number of amides is 1. The van der Waals surface area contributed by atoms with Crippen molar-refractivity contribution in [3.63, 3.8) is 0 Å². The van der Waals surface area contributed by atoms with Gasteiger partial charge in [0.2, 0.25) is 0 Å². The molecule has 1 aliphatic rings. The molecule has 6 heteroatoms. The zero-order chi connectivity index (χ0) is 15.5. The minimum Gasteiger partial charge on any atom is -0.456 e. The first-order valence-corrected chi connectivity index (χ1v) is 7.30. The highest BCUT2D eigenvalue weighted by Crippen LogP contribution is 2.26. The zero-order valence-corrected chi connectivity index (χ0v) is 12.8. The molecule has 0 unspecified atom stereocenters. The average Bonchev–Trinajstić information content (AvgIpc) is 2.87. The van der Waals surface area contributed by atoms with E-state index in [2.05, 4.69) is 15.2 Å². The first-order chi connectivity index (χ1) is 10.6. The van der Waals surface area contributed by atoms with Gasteiger partial charge in [0.05, 0.1) is 30.8 Å². The van der Waals surface area contributed by atoms with Crippen LogP contribution in [-0.2, 0) is 4.74 Å². The Labute approximate surface area is 129 Å². The normalized spacial score (nSPS) is 14.9. The van der Waals surface area contributed by atoms with Crippen LogP contribution in [0.15, 0.2) is 28.9 Å². The number of rotatable bonds is 3. The van der Waals surface area contributed by atoms with Crippen molar-refractivity contribution in [2.45, 2.75) is 13.8 Å². The van der Waals surface area contributed by atoms with Crippen LogP contribution in [0.1, 0.15) is 21.9 Å². The number of aryl methyl sites for hydroxylation is 2. The average molecular weight is 301 g/mol. The molecule has 0 radical (unpaired) electrons. The number of morpholine rings is 1. The maximum absolute atomic E-state index is 12.4. The van der Waals surface area contributed by atoms with Gasteiger partial charge in [0.15, 0.2) is 5.76 Å². The highest BCUT2D eigenvalue weighted by atomic mass is 16.5. The molecule has 1 saturated heterocycles. The van der Waals surface area contributed by atoms with E-state index in [4.69, 9.17) is 9.15 Å². The van der Waals surface area contributed by atoms with E-state index in [-0.39, 0.29) is 5.91 Å². The molecule has 1 amide bonds. The second-order valence-corrected chi connectivity index (χ2v) is 5.32. The van der Waals surface area contributed by atoms with Gasteiger partial charge in [-0.3, -0.25) is 9.78 Å². The van der Waals surface area contributed by atoms with Gasteiger partial charge in [-0.15, -0.1) is 0 Å². The Balaban J connectivity index is 1.83. The maximum Gasteiger partial charge on any atom is 0.291 e. The van der Waals surface area contributed by atoms with E-state index < -0.39 is 0 Å². The highest BCUT2D eigenvalue weighted by Gasteiger charge is 2.19. The summed E-state index contributed by atoms with van der Waals surface area (Å²) in [6.07, 6.45) is 3.39. The van der Waals surface area contributed by atoms with Gasteiger partial charge in [-0.05, 0) is 26.0 Å². The number of pyridine rings is 1. The molecule has 0 atom stereocenters. The fraction of sp³-hybridized carbons (Fsp3) is 0.375. The van der Waals surface area contributed by atoms with Crippen LogP contribution in [0.5, 0.6) is 0 Å². The van der Waals surface area contributed by atoms with Crippen LogP contribution in [0.3, 0.4) is 0 Å². The van der Waals surface area contributed by atoms with Crippen LogP contribution in [0.2, 0.25) is 0 Å². The predicted molar refractivity (Wildman–Crippen MR) is 83.4 cm³/mol. The van der Waals surface area contributed by atoms with Crippen LogP contribution < -0.4 is 10.2 Å². The number of aromatic nitrogens is 1. The first kappa shape index (κ1) is 14.6. The van der Waals surface area contributed by atoms with Crippen molar-refractivity contribution in [2.24, 2.45) is 0 Å². The monoisotopic (exact) mass is 301 g/mol. The largest absolute Gasteiger partial charge is 0.456 e. The molecule has 0 bridgehead atoms. The van der Waals surface area contributed by atoms with E-state index >= 15 is 0 Å². The molecule has 2 aromatic rings. The van der Waals surface area contributed by atoms with Gasteiger partial charge in [-0.1, -0.05) is 0 Å². The second-order valence-electron chi connectivity index (χ2n) is 5.32. The fourth-order valence-corrected chi connectivity index (χ4v) is 2.61. The number of hydrogen-bond acceptors (Lipinski definition) is 5. The van der Waals surface area contributed by atoms with E-state index in [1.54, 1.807) is 12.4 Å². The number of nitrogens with zero attached hydrogens (tertiary/aromatic N) is 2. The third-order valence-electron chi connectivity index (χ3n) is 3.65. The number of ether oxygens (including phenoxy) is 1. The van der Waals surface area contributed by atoms with Crippen LogP contribution in [0.4, 0.5) is 11.4 Å². The molecule has 116 valence electrons. The highest BCUT2D eigenvalue weighted by molar-refractivity contribution is 6.04. The second kappa shape index (κ2) is 6.19. The lowest BCUT2D eigenvalue weighted by Crippen LogP contribution is -2.36. The molecule has 0 spiro atoms. The number of furan rings is 1. The van der Waals surface area contributed by atoms with Gasteiger partial charge < -0.3 is 19.4 Å². The summed E-state index contributed by atoms with van der Waals surface area (Å²) in [5, 5.41) is 2.90. The summed E-state index contributed by atoms with van der Waals surface area (Å²) in [5.74, 6) is 0.810. The summed E-state index contributed by atoms with van der Waals surface area (Å²) >= 11 is 0. The third-order valence-corrected chi connectivity index (χ3v) is 3.65. The Bertz CT molecular complexity index is 675. The number of anilines is 2. The molecule has 1 aliphatic heterocycles. The Morgan fingerprint density at radius 3 is 2.77 bits per heavy atom. The number of carbonyl (C=O) groups is 1. The molecule has 0 saturated carbocycles. The zero-order valence-electron chi connectivity index (χ0n) is 12.8. The van der Waals surface area contributed by atoms with Crippen molar-refractivity contribution >= 4 is 17.3 Å². The van der Waals surface area contributed by atoms with Crippen LogP contribution in [-0.4, -0.2) is 37.2 Å². The lowest BCUT2D eigenvalue weighted by Gasteiger charge is -2.30. The molecule has 0 aliphatic carbocycles. The van der Waals surface area contributed by atoms with Crippen LogP contribution >= 0.6 is 0 Å². The lowest BCUT2D eigenvalue weighted by molar-refractivity contribution is 0.0994. The molecule has 3 heterocycles. The van der Waals surface area contributed by atoms with Crippen molar-refractivity contribution in [2.75, 3.05) is 36.5 Å². The standard InChI is InChI=1S/C16H19N3O3/c1-11-9-12(2)22-15(11)16(20)18-13-10-17-4-3-14(13)19-5-7-21-8-6-19/h3-4,9-10H,5-8H2,1-2H3,(H,18,20). The van der Waals surface area contributed by atoms with Crippen molar-refractivity contribution in [3.8, 4) is 0 Å². The summed E-state index contributed by atoms with van der Waals surface area (Å²) < 4.78 is 10.8. The Hall–Kier alpha value is -2.34. The van der Waals surface area contributed by atoms with Crippen LogP contribution in [0, 0.1) is 13.8 Å². The van der Waals surface area contributed by atoms with Gasteiger partial charge in [-0.25, -0.2) is 0 Å². The minimum atomic E-state index is -0.256. The van der Waals surface area contributed by atoms with Crippen molar-refractivity contribution in [1.82, 2.24) is 4.98 Å². The molecule has 0 aromatic carbocycles. The van der Waals surface area contributed by atoms with E-state index in [1.807, 2.05) is 26.0 Å². The molecule has 2 aromatic heterocycles. The van der Waals surface area contributed by atoms with E-state index in [0.717, 1.165) is 30.1 Å². The number of nitrogens with one attached hydrogen (secondary N) is 1. The number of hydrogen-bond donors (Lipinski definition) is 1. The van der Waals surface area contributed by atoms with E-state index in [9.17, 15) is 4.79 Å². The molecular formula is C16H19N3O3. The third kappa shape index (κ3) is 2.96. The topological polar surface area (TPSA) is 67.6 Å².